The summed E-state index contributed by atoms with van der Waals surface area (Å²) in [5.74, 6) is -1.21. The van der Waals surface area contributed by atoms with Gasteiger partial charge in [0, 0.05) is 6.54 Å². The number of likely N-dealkylation sites (tertiary alicyclic amines) is 1. The van der Waals surface area contributed by atoms with Crippen molar-refractivity contribution in [3.05, 3.63) is 0 Å². The molecule has 1 fully saturated rings. The molecule has 0 bridgehead atoms. The number of carboxylic acid groups (broad SMARTS) is 1. The van der Waals surface area contributed by atoms with Crippen LogP contribution in [-0.4, -0.2) is 35.2 Å². The van der Waals surface area contributed by atoms with E-state index in [9.17, 15) is 14.7 Å². The Morgan fingerprint density at radius 3 is 2.38 bits per heavy atom. The number of rotatable bonds is 1. The van der Waals surface area contributed by atoms with E-state index in [1.54, 1.807) is 20.8 Å². The number of ether oxygens (including phenoxy) is 1. The van der Waals surface area contributed by atoms with Gasteiger partial charge in [0.15, 0.2) is 0 Å². The van der Waals surface area contributed by atoms with Crippen molar-refractivity contribution in [1.82, 2.24) is 4.90 Å². The Morgan fingerprint density at radius 2 is 1.94 bits per heavy atom. The van der Waals surface area contributed by atoms with Crippen LogP contribution in [0.2, 0.25) is 0 Å². The van der Waals surface area contributed by atoms with Gasteiger partial charge in [0.05, 0.1) is 12.0 Å². The quantitative estimate of drug-likeness (QED) is 0.460. The molecule has 1 amide bonds. The summed E-state index contributed by atoms with van der Waals surface area (Å²) in [6.45, 7) is 5.66. The molecule has 1 aliphatic rings. The van der Waals surface area contributed by atoms with Crippen molar-refractivity contribution in [2.45, 2.75) is 45.3 Å². The van der Waals surface area contributed by atoms with E-state index in [-0.39, 0.29) is 29.6 Å². The van der Waals surface area contributed by atoms with Crippen LogP contribution in [0.3, 0.4) is 0 Å². The second-order valence-corrected chi connectivity index (χ2v) is 4.65. The molecule has 6 heteroatoms. The van der Waals surface area contributed by atoms with Crippen molar-refractivity contribution >= 4 is 12.1 Å². The van der Waals surface area contributed by atoms with Gasteiger partial charge >= 0.3 is 35.7 Å². The fourth-order valence-corrected chi connectivity index (χ4v) is 1.55. The standard InChI is InChI=1S/C10H17NO4.Na/c1-10(2,3)15-9(14)11-6-4-5-7(11)8(12)13;/h7H,4-6H2,1-3H3,(H,12,13);/q;+1/p-1/t7-;/m0./s1. The zero-order valence-electron chi connectivity index (χ0n) is 10.3. The monoisotopic (exact) mass is 237 g/mol. The second-order valence-electron chi connectivity index (χ2n) is 4.65. The van der Waals surface area contributed by atoms with E-state index < -0.39 is 23.7 Å². The van der Waals surface area contributed by atoms with Crippen LogP contribution in [0.1, 0.15) is 33.6 Å². The normalized spacial score (nSPS) is 20.2. The SMILES string of the molecule is CC(C)(C)OC(=O)N1CCC[C@H]1C(=O)[O-].[Na+]. The van der Waals surface area contributed by atoms with Crippen LogP contribution in [0.25, 0.3) is 0 Å². The Morgan fingerprint density at radius 1 is 1.38 bits per heavy atom. The molecule has 1 aliphatic heterocycles. The minimum Gasteiger partial charge on any atom is -0.548 e. The Labute approximate surface area is 117 Å². The maximum absolute atomic E-state index is 11.6. The molecule has 0 saturated carbocycles. The Hall–Kier alpha value is -0.260. The van der Waals surface area contributed by atoms with Gasteiger partial charge in [0.1, 0.15) is 5.60 Å². The van der Waals surface area contributed by atoms with Gasteiger partial charge in [-0.3, -0.25) is 4.90 Å². The molecule has 0 spiro atoms. The maximum atomic E-state index is 11.6. The smallest absolute Gasteiger partial charge is 0.548 e. The minimum atomic E-state index is -1.21. The number of aliphatic carboxylic acids is 1. The van der Waals surface area contributed by atoms with Gasteiger partial charge in [-0.05, 0) is 33.6 Å². The predicted octanol–water partition coefficient (Wildman–Crippen LogP) is -2.86. The molecule has 1 atom stereocenters. The summed E-state index contributed by atoms with van der Waals surface area (Å²) in [6, 6.07) is -0.833. The van der Waals surface area contributed by atoms with Crippen molar-refractivity contribution in [3.63, 3.8) is 0 Å². The molecule has 0 unspecified atom stereocenters. The Bertz CT molecular complexity index is 274. The molecule has 0 aliphatic carbocycles. The number of hydrogen-bond acceptors (Lipinski definition) is 4. The van der Waals surface area contributed by atoms with Gasteiger partial charge in [-0.15, -0.1) is 0 Å². The summed E-state index contributed by atoms with van der Waals surface area (Å²) in [5, 5.41) is 10.7. The average Bonchev–Trinajstić information content (AvgIpc) is 2.47. The average molecular weight is 237 g/mol. The molecular weight excluding hydrogens is 221 g/mol. The van der Waals surface area contributed by atoms with Crippen LogP contribution in [0.5, 0.6) is 0 Å². The van der Waals surface area contributed by atoms with E-state index in [4.69, 9.17) is 4.74 Å². The van der Waals surface area contributed by atoms with Crippen molar-refractivity contribution in [2.24, 2.45) is 0 Å². The maximum Gasteiger partial charge on any atom is 1.00 e. The molecule has 5 nitrogen and oxygen atoms in total. The van der Waals surface area contributed by atoms with Gasteiger partial charge < -0.3 is 14.6 Å². The second kappa shape index (κ2) is 5.89. The summed E-state index contributed by atoms with van der Waals surface area (Å²) in [7, 11) is 0. The minimum absolute atomic E-state index is 0. The molecule has 0 aromatic carbocycles. The molecule has 0 aromatic rings. The van der Waals surface area contributed by atoms with Crippen molar-refractivity contribution < 1.29 is 49.0 Å². The van der Waals surface area contributed by atoms with Crippen LogP contribution in [-0.2, 0) is 9.53 Å². The van der Waals surface area contributed by atoms with E-state index in [1.165, 1.54) is 4.90 Å². The largest absolute Gasteiger partial charge is 1.00 e. The first-order valence-corrected chi connectivity index (χ1v) is 5.02. The van der Waals surface area contributed by atoms with E-state index >= 15 is 0 Å². The van der Waals surface area contributed by atoms with E-state index in [2.05, 4.69) is 0 Å². The fraction of sp³-hybridized carbons (Fsp3) is 0.800. The zero-order chi connectivity index (χ0) is 11.6. The molecule has 0 aromatic heterocycles. The van der Waals surface area contributed by atoms with Gasteiger partial charge in [0.25, 0.3) is 0 Å². The number of carbonyl (C=O) groups excluding carboxylic acids is 2. The third kappa shape index (κ3) is 4.31. The van der Waals surface area contributed by atoms with Crippen LogP contribution in [0.15, 0.2) is 0 Å². The molecule has 0 radical (unpaired) electrons. The summed E-state index contributed by atoms with van der Waals surface area (Å²) in [5.41, 5.74) is -0.601. The number of hydrogen-bond donors (Lipinski definition) is 0. The van der Waals surface area contributed by atoms with Gasteiger partial charge in [-0.2, -0.15) is 0 Å². The van der Waals surface area contributed by atoms with Crippen molar-refractivity contribution in [1.29, 1.82) is 0 Å². The van der Waals surface area contributed by atoms with Crippen LogP contribution in [0.4, 0.5) is 4.79 Å². The van der Waals surface area contributed by atoms with Gasteiger partial charge in [-0.1, -0.05) is 0 Å². The van der Waals surface area contributed by atoms with Crippen LogP contribution < -0.4 is 34.7 Å². The molecule has 1 heterocycles. The fourth-order valence-electron chi connectivity index (χ4n) is 1.55. The number of nitrogens with zero attached hydrogens (tertiary/aromatic N) is 1. The van der Waals surface area contributed by atoms with E-state index in [1.807, 2.05) is 0 Å². The number of carboxylic acids is 1. The zero-order valence-corrected chi connectivity index (χ0v) is 12.3. The van der Waals surface area contributed by atoms with E-state index in [0.717, 1.165) is 0 Å². The molecule has 0 N–H and O–H groups in total. The summed E-state index contributed by atoms with van der Waals surface area (Å²) < 4.78 is 5.10. The van der Waals surface area contributed by atoms with Crippen LogP contribution >= 0.6 is 0 Å². The number of amides is 1. The van der Waals surface area contributed by atoms with Crippen molar-refractivity contribution in [3.8, 4) is 0 Å². The molecule has 1 saturated heterocycles. The first-order chi connectivity index (χ1) is 6.81. The van der Waals surface area contributed by atoms with Gasteiger partial charge in [-0.25, -0.2) is 4.79 Å². The molecule has 1 rings (SSSR count). The van der Waals surface area contributed by atoms with Crippen LogP contribution in [0, 0.1) is 0 Å². The summed E-state index contributed by atoms with van der Waals surface area (Å²) in [4.78, 5) is 23.5. The first kappa shape index (κ1) is 15.7. The summed E-state index contributed by atoms with van der Waals surface area (Å²) in [6.07, 6.45) is 0.550. The number of carbonyl (C=O) groups is 2. The molecular formula is C10H16NNaO4. The third-order valence-corrected chi connectivity index (χ3v) is 2.15. The van der Waals surface area contributed by atoms with Crippen molar-refractivity contribution in [2.75, 3.05) is 6.54 Å². The Kier molecular flexibility index (Phi) is 5.79. The third-order valence-electron chi connectivity index (χ3n) is 2.15. The van der Waals surface area contributed by atoms with Gasteiger partial charge in [0.2, 0.25) is 0 Å². The summed E-state index contributed by atoms with van der Waals surface area (Å²) >= 11 is 0. The molecule has 86 valence electrons. The first-order valence-electron chi connectivity index (χ1n) is 5.02. The molecule has 16 heavy (non-hydrogen) atoms. The predicted molar refractivity (Wildman–Crippen MR) is 51.0 cm³/mol. The van der Waals surface area contributed by atoms with E-state index in [0.29, 0.717) is 19.4 Å². The Balaban J connectivity index is 0.00000225. The topological polar surface area (TPSA) is 69.7 Å².